The first kappa shape index (κ1) is 18.2. The summed E-state index contributed by atoms with van der Waals surface area (Å²) >= 11 is 0. The normalized spacial score (nSPS) is 21.5. The van der Waals surface area contributed by atoms with Gasteiger partial charge in [-0.2, -0.15) is 0 Å². The number of likely N-dealkylation sites (tertiary alicyclic amines) is 1. The molecule has 0 radical (unpaired) electrons. The van der Waals surface area contributed by atoms with E-state index in [0.29, 0.717) is 18.5 Å². The minimum absolute atomic E-state index is 0.248. The maximum Gasteiger partial charge on any atom is 0.410 e. The SMILES string of the molecule is Cc1cc(F)ccc1[C@@H]1CN(C(=O)OC(C)(C)C)CC[C@@H]1C(=O)O. The van der Waals surface area contributed by atoms with E-state index in [1.807, 2.05) is 0 Å². The highest BCUT2D eigenvalue weighted by Crippen LogP contribution is 2.35. The van der Waals surface area contributed by atoms with Crippen molar-refractivity contribution >= 4 is 12.1 Å². The lowest BCUT2D eigenvalue weighted by Gasteiger charge is -2.38. The number of benzene rings is 1. The molecule has 0 unspecified atom stereocenters. The van der Waals surface area contributed by atoms with Crippen LogP contribution in [0.3, 0.4) is 0 Å². The van der Waals surface area contributed by atoms with E-state index in [9.17, 15) is 19.1 Å². The second-order valence-corrected chi connectivity index (χ2v) is 7.27. The van der Waals surface area contributed by atoms with Crippen molar-refractivity contribution in [2.75, 3.05) is 13.1 Å². The highest BCUT2D eigenvalue weighted by atomic mass is 19.1. The average Bonchev–Trinajstić information content (AvgIpc) is 2.44. The van der Waals surface area contributed by atoms with Gasteiger partial charge >= 0.3 is 12.1 Å². The lowest BCUT2D eigenvalue weighted by Crippen LogP contribution is -2.46. The number of carboxylic acids is 1. The fraction of sp³-hybridized carbons (Fsp3) is 0.556. The second-order valence-electron chi connectivity index (χ2n) is 7.27. The molecule has 0 spiro atoms. The van der Waals surface area contributed by atoms with Crippen LogP contribution in [0.25, 0.3) is 0 Å². The number of rotatable bonds is 2. The van der Waals surface area contributed by atoms with Crippen LogP contribution in [0.5, 0.6) is 0 Å². The van der Waals surface area contributed by atoms with Gasteiger partial charge in [0.1, 0.15) is 11.4 Å². The molecule has 1 amide bonds. The third-order valence-corrected chi connectivity index (χ3v) is 4.21. The standard InChI is InChI=1S/C18H24FNO4/c1-11-9-12(19)5-6-13(11)15-10-20(8-7-14(15)16(21)22)17(23)24-18(2,3)4/h5-6,9,14-15H,7-8,10H2,1-4H3,(H,21,22)/t14-,15-/m0/s1. The number of aliphatic carboxylic acids is 1. The molecule has 6 heteroatoms. The zero-order chi connectivity index (χ0) is 18.1. The van der Waals surface area contributed by atoms with Gasteiger partial charge in [-0.05, 0) is 57.4 Å². The molecule has 0 bridgehead atoms. The van der Waals surface area contributed by atoms with Crippen molar-refractivity contribution in [1.82, 2.24) is 4.90 Å². The summed E-state index contributed by atoms with van der Waals surface area (Å²) in [7, 11) is 0. The summed E-state index contributed by atoms with van der Waals surface area (Å²) in [5, 5.41) is 9.52. The van der Waals surface area contributed by atoms with Crippen LogP contribution in [0.2, 0.25) is 0 Å². The third-order valence-electron chi connectivity index (χ3n) is 4.21. The van der Waals surface area contributed by atoms with E-state index in [1.165, 1.54) is 17.0 Å². The topological polar surface area (TPSA) is 66.8 Å². The Labute approximate surface area is 141 Å². The van der Waals surface area contributed by atoms with E-state index >= 15 is 0 Å². The maximum absolute atomic E-state index is 13.4. The van der Waals surface area contributed by atoms with Crippen molar-refractivity contribution in [1.29, 1.82) is 0 Å². The fourth-order valence-electron chi connectivity index (χ4n) is 3.11. The first-order valence-corrected chi connectivity index (χ1v) is 8.05. The molecule has 0 aromatic heterocycles. The van der Waals surface area contributed by atoms with E-state index in [1.54, 1.807) is 33.8 Å². The Morgan fingerprint density at radius 3 is 2.54 bits per heavy atom. The Morgan fingerprint density at radius 2 is 2.00 bits per heavy atom. The molecule has 1 N–H and O–H groups in total. The molecule has 1 aromatic carbocycles. The summed E-state index contributed by atoms with van der Waals surface area (Å²) < 4.78 is 18.7. The predicted octanol–water partition coefficient (Wildman–Crippen LogP) is 3.56. The van der Waals surface area contributed by atoms with E-state index in [4.69, 9.17) is 4.74 Å². The molecule has 0 aliphatic carbocycles. The van der Waals surface area contributed by atoms with Crippen molar-refractivity contribution in [3.05, 3.63) is 35.1 Å². The predicted molar refractivity (Wildman–Crippen MR) is 87.4 cm³/mol. The first-order valence-electron chi connectivity index (χ1n) is 8.05. The average molecular weight is 337 g/mol. The van der Waals surface area contributed by atoms with E-state index < -0.39 is 23.6 Å². The van der Waals surface area contributed by atoms with Gasteiger partial charge in [0.05, 0.1) is 5.92 Å². The number of carboxylic acid groups (broad SMARTS) is 1. The highest BCUT2D eigenvalue weighted by molar-refractivity contribution is 5.73. The number of ether oxygens (including phenoxy) is 1. The number of hydrogen-bond acceptors (Lipinski definition) is 3. The van der Waals surface area contributed by atoms with Crippen molar-refractivity contribution < 1.29 is 23.8 Å². The number of nitrogens with zero attached hydrogens (tertiary/aromatic N) is 1. The molecule has 1 aliphatic heterocycles. The molecule has 2 atom stereocenters. The summed E-state index contributed by atoms with van der Waals surface area (Å²) in [6.07, 6.45) is -0.105. The number of hydrogen-bond donors (Lipinski definition) is 1. The maximum atomic E-state index is 13.4. The molecule has 1 saturated heterocycles. The molecule has 1 heterocycles. The van der Waals surface area contributed by atoms with Gasteiger partial charge in [0.2, 0.25) is 0 Å². The number of carbonyl (C=O) groups is 2. The van der Waals surface area contributed by atoms with Crippen molar-refractivity contribution in [2.24, 2.45) is 5.92 Å². The molecule has 1 aromatic rings. The number of carbonyl (C=O) groups excluding carboxylic acids is 1. The number of aryl methyl sites for hydroxylation is 1. The van der Waals surface area contributed by atoms with Crippen LogP contribution in [0.4, 0.5) is 9.18 Å². The Hall–Kier alpha value is -2.11. The van der Waals surface area contributed by atoms with Crippen LogP contribution in [0.1, 0.15) is 44.2 Å². The molecular formula is C18H24FNO4. The van der Waals surface area contributed by atoms with Crippen LogP contribution in [0, 0.1) is 18.7 Å². The van der Waals surface area contributed by atoms with E-state index in [-0.39, 0.29) is 18.3 Å². The molecule has 24 heavy (non-hydrogen) atoms. The molecule has 1 aliphatic rings. The summed E-state index contributed by atoms with van der Waals surface area (Å²) in [6, 6.07) is 4.33. The highest BCUT2D eigenvalue weighted by Gasteiger charge is 2.38. The Kier molecular flexibility index (Phi) is 5.16. The monoisotopic (exact) mass is 337 g/mol. The third kappa shape index (κ3) is 4.24. The minimum Gasteiger partial charge on any atom is -0.481 e. The smallest absolute Gasteiger partial charge is 0.410 e. The summed E-state index contributed by atoms with van der Waals surface area (Å²) in [4.78, 5) is 25.5. The Balaban J connectivity index is 2.27. The van der Waals surface area contributed by atoms with E-state index in [0.717, 1.165) is 5.56 Å². The largest absolute Gasteiger partial charge is 0.481 e. The lowest BCUT2D eigenvalue weighted by atomic mass is 9.79. The van der Waals surface area contributed by atoms with Gasteiger partial charge in [0, 0.05) is 19.0 Å². The molecular weight excluding hydrogens is 313 g/mol. The number of amides is 1. The van der Waals surface area contributed by atoms with Crippen LogP contribution >= 0.6 is 0 Å². The van der Waals surface area contributed by atoms with Gasteiger partial charge < -0.3 is 14.7 Å². The molecule has 132 valence electrons. The number of halogens is 1. The molecule has 2 rings (SSSR count). The second kappa shape index (κ2) is 6.79. The van der Waals surface area contributed by atoms with Gasteiger partial charge in [-0.3, -0.25) is 4.79 Å². The van der Waals surface area contributed by atoms with Gasteiger partial charge in [-0.1, -0.05) is 6.07 Å². The summed E-state index contributed by atoms with van der Waals surface area (Å²) in [5.41, 5.74) is 0.844. The fourth-order valence-corrected chi connectivity index (χ4v) is 3.11. The van der Waals surface area contributed by atoms with Crippen LogP contribution in [-0.4, -0.2) is 40.8 Å². The quantitative estimate of drug-likeness (QED) is 0.896. The summed E-state index contributed by atoms with van der Waals surface area (Å²) in [5.74, 6) is -2.24. The van der Waals surface area contributed by atoms with Crippen LogP contribution < -0.4 is 0 Å². The number of piperidine rings is 1. The van der Waals surface area contributed by atoms with Crippen molar-refractivity contribution in [3.8, 4) is 0 Å². The van der Waals surface area contributed by atoms with Crippen LogP contribution in [0.15, 0.2) is 18.2 Å². The van der Waals surface area contributed by atoms with Gasteiger partial charge in [0.25, 0.3) is 0 Å². The molecule has 1 fully saturated rings. The zero-order valence-electron chi connectivity index (χ0n) is 14.5. The minimum atomic E-state index is -0.896. The van der Waals surface area contributed by atoms with Crippen LogP contribution in [-0.2, 0) is 9.53 Å². The molecule has 0 saturated carbocycles. The van der Waals surface area contributed by atoms with Gasteiger partial charge in [0.15, 0.2) is 0 Å². The Bertz CT molecular complexity index is 638. The zero-order valence-corrected chi connectivity index (χ0v) is 14.5. The van der Waals surface area contributed by atoms with E-state index in [2.05, 4.69) is 0 Å². The Morgan fingerprint density at radius 1 is 1.33 bits per heavy atom. The lowest BCUT2D eigenvalue weighted by molar-refractivity contribution is -0.144. The van der Waals surface area contributed by atoms with Gasteiger partial charge in [-0.25, -0.2) is 9.18 Å². The molecule has 5 nitrogen and oxygen atoms in total. The summed E-state index contributed by atoms with van der Waals surface area (Å²) in [6.45, 7) is 7.70. The van der Waals surface area contributed by atoms with Crippen molar-refractivity contribution in [2.45, 2.75) is 45.6 Å². The first-order chi connectivity index (χ1) is 11.1. The van der Waals surface area contributed by atoms with Crippen molar-refractivity contribution in [3.63, 3.8) is 0 Å². The van der Waals surface area contributed by atoms with Gasteiger partial charge in [-0.15, -0.1) is 0 Å².